The highest BCUT2D eigenvalue weighted by atomic mass is 16.3. The summed E-state index contributed by atoms with van der Waals surface area (Å²) < 4.78 is 7.60. The molecule has 1 amide bonds. The van der Waals surface area contributed by atoms with Crippen LogP contribution in [0.15, 0.2) is 40.8 Å². The van der Waals surface area contributed by atoms with Crippen molar-refractivity contribution in [3.05, 3.63) is 70.8 Å². The van der Waals surface area contributed by atoms with Crippen LogP contribution in [0.5, 0.6) is 0 Å². The molecule has 160 valence electrons. The minimum atomic E-state index is -0.152. The van der Waals surface area contributed by atoms with Crippen molar-refractivity contribution in [1.82, 2.24) is 30.0 Å². The topological polar surface area (TPSA) is 92.0 Å². The highest BCUT2D eigenvalue weighted by molar-refractivity contribution is 5.95. The molecule has 0 radical (unpaired) electrons. The third-order valence-corrected chi connectivity index (χ3v) is 5.87. The largest absolute Gasteiger partial charge is 0.466 e. The fraction of sp³-hybridized carbons (Fsp3) is 0.348. The normalized spacial score (nSPS) is 14.5. The molecule has 0 atom stereocenters. The summed E-state index contributed by atoms with van der Waals surface area (Å²) >= 11 is 0. The first-order chi connectivity index (χ1) is 15.1. The Morgan fingerprint density at radius 3 is 2.84 bits per heavy atom. The molecule has 31 heavy (non-hydrogen) atoms. The minimum Gasteiger partial charge on any atom is -0.466 e. The Balaban J connectivity index is 1.22. The van der Waals surface area contributed by atoms with Crippen molar-refractivity contribution in [2.24, 2.45) is 0 Å². The van der Waals surface area contributed by atoms with Gasteiger partial charge in [-0.25, -0.2) is 0 Å². The van der Waals surface area contributed by atoms with Gasteiger partial charge in [0, 0.05) is 43.8 Å². The highest BCUT2D eigenvalue weighted by Gasteiger charge is 2.20. The van der Waals surface area contributed by atoms with E-state index in [0.717, 1.165) is 50.0 Å². The number of H-pyrrole nitrogens is 1. The van der Waals surface area contributed by atoms with Crippen molar-refractivity contribution < 1.29 is 9.21 Å². The SMILES string of the molecule is Cc1cc(C(=O)NCc2nnc3n2CCN(Cc2cc4ccccc4[nH]2)CC3)c(C)o1. The van der Waals surface area contributed by atoms with Crippen molar-refractivity contribution in [1.29, 1.82) is 0 Å². The van der Waals surface area contributed by atoms with E-state index in [2.05, 4.69) is 60.3 Å². The predicted octanol–water partition coefficient (Wildman–Crippen LogP) is 2.96. The number of nitrogens with zero attached hydrogens (tertiary/aromatic N) is 4. The Kier molecular flexibility index (Phi) is 5.07. The zero-order chi connectivity index (χ0) is 21.4. The second-order valence-electron chi connectivity index (χ2n) is 8.10. The number of nitrogens with one attached hydrogen (secondary N) is 2. The number of aromatic nitrogens is 4. The Labute approximate surface area is 180 Å². The molecular weight excluding hydrogens is 392 g/mol. The number of carbonyl (C=O) groups excluding carboxylic acids is 1. The van der Waals surface area contributed by atoms with Crippen molar-refractivity contribution in [2.45, 2.75) is 39.9 Å². The summed E-state index contributed by atoms with van der Waals surface area (Å²) in [5.41, 5.74) is 2.96. The molecule has 1 aliphatic rings. The molecule has 0 spiro atoms. The quantitative estimate of drug-likeness (QED) is 0.520. The number of benzene rings is 1. The lowest BCUT2D eigenvalue weighted by atomic mass is 10.2. The number of para-hydroxylation sites is 1. The average Bonchev–Trinajstić information content (AvgIpc) is 3.40. The molecule has 3 aromatic heterocycles. The van der Waals surface area contributed by atoms with Gasteiger partial charge < -0.3 is 19.3 Å². The van der Waals surface area contributed by atoms with Gasteiger partial charge in [-0.1, -0.05) is 18.2 Å². The smallest absolute Gasteiger partial charge is 0.255 e. The molecule has 0 saturated carbocycles. The van der Waals surface area contributed by atoms with Crippen LogP contribution >= 0.6 is 0 Å². The van der Waals surface area contributed by atoms with Gasteiger partial charge in [-0.3, -0.25) is 9.69 Å². The van der Waals surface area contributed by atoms with E-state index in [0.29, 0.717) is 17.9 Å². The molecule has 4 heterocycles. The van der Waals surface area contributed by atoms with Crippen LogP contribution < -0.4 is 5.32 Å². The summed E-state index contributed by atoms with van der Waals surface area (Å²) in [5.74, 6) is 2.96. The van der Waals surface area contributed by atoms with Crippen molar-refractivity contribution in [3.63, 3.8) is 0 Å². The van der Waals surface area contributed by atoms with Gasteiger partial charge in [0.25, 0.3) is 5.91 Å². The molecule has 8 nitrogen and oxygen atoms in total. The van der Waals surface area contributed by atoms with E-state index in [1.807, 2.05) is 6.92 Å². The zero-order valence-corrected chi connectivity index (χ0v) is 17.8. The number of amides is 1. The summed E-state index contributed by atoms with van der Waals surface area (Å²) in [5, 5.41) is 12.9. The second kappa shape index (κ2) is 8.03. The zero-order valence-electron chi connectivity index (χ0n) is 17.8. The molecule has 0 unspecified atom stereocenters. The fourth-order valence-corrected chi connectivity index (χ4v) is 4.29. The average molecular weight is 419 g/mol. The number of hydrogen-bond acceptors (Lipinski definition) is 5. The maximum absolute atomic E-state index is 12.5. The standard InChI is InChI=1S/C23H26N6O2/c1-15-11-19(16(2)31-15)23(30)24-13-22-27-26-21-7-8-28(9-10-29(21)22)14-18-12-17-5-3-4-6-20(17)25-18/h3-6,11-12,25H,7-10,13-14H2,1-2H3,(H,24,30). The first kappa shape index (κ1) is 19.6. The van der Waals surface area contributed by atoms with Crippen LogP contribution in [-0.4, -0.2) is 43.6 Å². The van der Waals surface area contributed by atoms with E-state index in [-0.39, 0.29) is 5.91 Å². The molecule has 2 N–H and O–H groups in total. The van der Waals surface area contributed by atoms with Gasteiger partial charge in [-0.15, -0.1) is 10.2 Å². The Morgan fingerprint density at radius 2 is 2.03 bits per heavy atom. The van der Waals surface area contributed by atoms with Gasteiger partial charge in [0.05, 0.1) is 12.1 Å². The van der Waals surface area contributed by atoms with Crippen LogP contribution in [0, 0.1) is 13.8 Å². The number of carbonyl (C=O) groups is 1. The van der Waals surface area contributed by atoms with E-state index in [1.54, 1.807) is 13.0 Å². The molecule has 8 heteroatoms. The Morgan fingerprint density at radius 1 is 1.16 bits per heavy atom. The summed E-state index contributed by atoms with van der Waals surface area (Å²) in [4.78, 5) is 18.4. The van der Waals surface area contributed by atoms with Crippen LogP contribution in [-0.2, 0) is 26.1 Å². The molecule has 0 saturated heterocycles. The van der Waals surface area contributed by atoms with Crippen molar-refractivity contribution in [3.8, 4) is 0 Å². The molecule has 1 aromatic carbocycles. The van der Waals surface area contributed by atoms with Gasteiger partial charge >= 0.3 is 0 Å². The van der Waals surface area contributed by atoms with E-state index in [4.69, 9.17) is 4.42 Å². The third-order valence-electron chi connectivity index (χ3n) is 5.87. The molecule has 0 bridgehead atoms. The van der Waals surface area contributed by atoms with E-state index in [9.17, 15) is 4.79 Å². The third kappa shape index (κ3) is 3.98. The van der Waals surface area contributed by atoms with Gasteiger partial charge in [0.15, 0.2) is 5.82 Å². The first-order valence-corrected chi connectivity index (χ1v) is 10.6. The minimum absolute atomic E-state index is 0.152. The number of furan rings is 1. The number of hydrogen-bond donors (Lipinski definition) is 2. The molecule has 0 fully saturated rings. The van der Waals surface area contributed by atoms with Gasteiger partial charge in [0.2, 0.25) is 0 Å². The van der Waals surface area contributed by atoms with Gasteiger partial charge in [-0.05, 0) is 37.4 Å². The van der Waals surface area contributed by atoms with Crippen LogP contribution in [0.25, 0.3) is 10.9 Å². The molecule has 4 aromatic rings. The lowest BCUT2D eigenvalue weighted by molar-refractivity contribution is 0.0948. The summed E-state index contributed by atoms with van der Waals surface area (Å²) in [6.45, 7) is 7.48. The van der Waals surface area contributed by atoms with Crippen molar-refractivity contribution >= 4 is 16.8 Å². The molecular formula is C23H26N6O2. The second-order valence-corrected chi connectivity index (χ2v) is 8.10. The summed E-state index contributed by atoms with van der Waals surface area (Å²) in [6, 6.07) is 12.3. The lowest BCUT2D eigenvalue weighted by Gasteiger charge is -2.18. The molecule has 1 aliphatic heterocycles. The lowest BCUT2D eigenvalue weighted by Crippen LogP contribution is -2.28. The maximum Gasteiger partial charge on any atom is 0.255 e. The predicted molar refractivity (Wildman–Crippen MR) is 117 cm³/mol. The summed E-state index contributed by atoms with van der Waals surface area (Å²) in [6.07, 6.45) is 0.835. The number of fused-ring (bicyclic) bond motifs is 2. The maximum atomic E-state index is 12.5. The first-order valence-electron chi connectivity index (χ1n) is 10.6. The van der Waals surface area contributed by atoms with E-state index in [1.165, 1.54) is 16.6 Å². The number of rotatable bonds is 5. The van der Waals surface area contributed by atoms with E-state index < -0.39 is 0 Å². The molecule has 0 aliphatic carbocycles. The van der Waals surface area contributed by atoms with Crippen LogP contribution in [0.1, 0.15) is 39.2 Å². The monoisotopic (exact) mass is 418 g/mol. The number of aromatic amines is 1. The van der Waals surface area contributed by atoms with Crippen LogP contribution in [0.2, 0.25) is 0 Å². The van der Waals surface area contributed by atoms with Crippen LogP contribution in [0.4, 0.5) is 0 Å². The number of aryl methyl sites for hydroxylation is 2. The Hall–Kier alpha value is -3.39. The fourth-order valence-electron chi connectivity index (χ4n) is 4.29. The molecule has 5 rings (SSSR count). The van der Waals surface area contributed by atoms with Crippen LogP contribution in [0.3, 0.4) is 0 Å². The highest BCUT2D eigenvalue weighted by Crippen LogP contribution is 2.18. The van der Waals surface area contributed by atoms with E-state index >= 15 is 0 Å². The van der Waals surface area contributed by atoms with Gasteiger partial charge in [0.1, 0.15) is 17.3 Å². The Bertz CT molecular complexity index is 1200. The van der Waals surface area contributed by atoms with Gasteiger partial charge in [-0.2, -0.15) is 0 Å². The van der Waals surface area contributed by atoms with Crippen molar-refractivity contribution in [2.75, 3.05) is 13.1 Å². The summed E-state index contributed by atoms with van der Waals surface area (Å²) in [7, 11) is 0.